The van der Waals surface area contributed by atoms with Gasteiger partial charge < -0.3 is 16.0 Å². The molecule has 0 saturated carbocycles. The summed E-state index contributed by atoms with van der Waals surface area (Å²) >= 11 is 11.7. The molecule has 98 valence electrons. The molecule has 0 unspecified atom stereocenters. The molecule has 1 fully saturated rings. The van der Waals surface area contributed by atoms with Gasteiger partial charge in [-0.2, -0.15) is 0 Å². The molecule has 1 heterocycles. The molecular weight excluding hydrogens is 273 g/mol. The average molecular weight is 288 g/mol. The number of carbonyl (C=O) groups is 1. The molecule has 4 nitrogen and oxygen atoms in total. The molecule has 2 rings (SSSR count). The monoisotopic (exact) mass is 287 g/mol. The normalized spacial score (nSPS) is 16.3. The highest BCUT2D eigenvalue weighted by Crippen LogP contribution is 2.22. The maximum Gasteiger partial charge on any atom is 0.319 e. The minimum Gasteiger partial charge on any atom is -0.335 e. The topological polar surface area (TPSA) is 53.2 Å². The quantitative estimate of drug-likeness (QED) is 0.783. The average Bonchev–Trinajstić information content (AvgIpc) is 2.28. The Morgan fingerprint density at radius 2 is 1.78 bits per heavy atom. The van der Waals surface area contributed by atoms with Crippen molar-refractivity contribution in [2.75, 3.05) is 18.4 Å². The Morgan fingerprint density at radius 3 is 2.39 bits per heavy atom. The number of carbonyl (C=O) groups excluding carboxylic acids is 1. The first kappa shape index (κ1) is 13.5. The lowest BCUT2D eigenvalue weighted by atomic mass is 10.1. The minimum atomic E-state index is -0.222. The number of amides is 2. The van der Waals surface area contributed by atoms with E-state index in [1.165, 1.54) is 0 Å². The van der Waals surface area contributed by atoms with E-state index in [0.717, 1.165) is 25.9 Å². The fraction of sp³-hybridized carbons (Fsp3) is 0.417. The van der Waals surface area contributed by atoms with Crippen LogP contribution < -0.4 is 16.0 Å². The zero-order valence-electron chi connectivity index (χ0n) is 9.80. The van der Waals surface area contributed by atoms with Gasteiger partial charge in [0.25, 0.3) is 0 Å². The fourth-order valence-corrected chi connectivity index (χ4v) is 2.47. The highest BCUT2D eigenvalue weighted by molar-refractivity contribution is 6.35. The summed E-state index contributed by atoms with van der Waals surface area (Å²) in [6.45, 7) is 1.88. The third kappa shape index (κ3) is 4.05. The lowest BCUT2D eigenvalue weighted by Gasteiger charge is -2.23. The summed E-state index contributed by atoms with van der Waals surface area (Å²) in [5.74, 6) is 0. The van der Waals surface area contributed by atoms with E-state index in [9.17, 15) is 4.79 Å². The van der Waals surface area contributed by atoms with E-state index in [-0.39, 0.29) is 12.1 Å². The zero-order valence-corrected chi connectivity index (χ0v) is 11.3. The Labute approximate surface area is 116 Å². The van der Waals surface area contributed by atoms with Gasteiger partial charge >= 0.3 is 6.03 Å². The van der Waals surface area contributed by atoms with Crippen LogP contribution in [0.4, 0.5) is 10.5 Å². The summed E-state index contributed by atoms with van der Waals surface area (Å²) < 4.78 is 0. The van der Waals surface area contributed by atoms with Crippen LogP contribution in [0.15, 0.2) is 18.2 Å². The number of benzene rings is 1. The SMILES string of the molecule is O=C(Nc1cc(Cl)cc(Cl)c1)NC1CCNCC1. The molecule has 1 aromatic rings. The van der Waals surface area contributed by atoms with Crippen LogP contribution in [0.5, 0.6) is 0 Å². The second kappa shape index (κ2) is 6.27. The molecule has 0 aliphatic carbocycles. The van der Waals surface area contributed by atoms with Gasteiger partial charge in [-0.15, -0.1) is 0 Å². The van der Waals surface area contributed by atoms with Crippen LogP contribution >= 0.6 is 23.2 Å². The number of piperidine rings is 1. The molecule has 1 aromatic carbocycles. The molecule has 0 spiro atoms. The van der Waals surface area contributed by atoms with Gasteiger partial charge in [0, 0.05) is 21.8 Å². The van der Waals surface area contributed by atoms with Gasteiger partial charge in [0.1, 0.15) is 0 Å². The number of hydrogen-bond acceptors (Lipinski definition) is 2. The summed E-state index contributed by atoms with van der Waals surface area (Å²) in [6.07, 6.45) is 1.90. The van der Waals surface area contributed by atoms with E-state index >= 15 is 0 Å². The van der Waals surface area contributed by atoms with Crippen molar-refractivity contribution in [1.29, 1.82) is 0 Å². The first-order chi connectivity index (χ1) is 8.63. The largest absolute Gasteiger partial charge is 0.335 e. The van der Waals surface area contributed by atoms with Crippen molar-refractivity contribution in [2.24, 2.45) is 0 Å². The second-order valence-electron chi connectivity index (χ2n) is 4.28. The molecule has 0 atom stereocenters. The first-order valence-corrected chi connectivity index (χ1v) is 6.63. The first-order valence-electron chi connectivity index (χ1n) is 5.88. The fourth-order valence-electron chi connectivity index (χ4n) is 1.94. The predicted molar refractivity (Wildman–Crippen MR) is 74.5 cm³/mol. The number of rotatable bonds is 2. The van der Waals surface area contributed by atoms with Crippen molar-refractivity contribution in [3.8, 4) is 0 Å². The van der Waals surface area contributed by atoms with E-state index in [0.29, 0.717) is 15.7 Å². The standard InChI is InChI=1S/C12H15Cl2N3O/c13-8-5-9(14)7-11(6-8)17-12(18)16-10-1-3-15-4-2-10/h5-7,10,15H,1-4H2,(H2,16,17,18). The summed E-state index contributed by atoms with van der Waals surface area (Å²) in [5.41, 5.74) is 0.596. The third-order valence-corrected chi connectivity index (χ3v) is 3.23. The molecule has 0 aromatic heterocycles. The molecule has 1 aliphatic rings. The molecule has 0 radical (unpaired) electrons. The van der Waals surface area contributed by atoms with Crippen molar-refractivity contribution in [2.45, 2.75) is 18.9 Å². The second-order valence-corrected chi connectivity index (χ2v) is 5.15. The Balaban J connectivity index is 1.89. The van der Waals surface area contributed by atoms with Gasteiger partial charge in [0.05, 0.1) is 0 Å². The maximum atomic E-state index is 11.8. The number of urea groups is 1. The predicted octanol–water partition coefficient (Wildman–Crippen LogP) is 2.87. The number of halogens is 2. The summed E-state index contributed by atoms with van der Waals surface area (Å²) in [5, 5.41) is 9.91. The van der Waals surface area contributed by atoms with Gasteiger partial charge in [-0.05, 0) is 44.1 Å². The number of hydrogen-bond donors (Lipinski definition) is 3. The molecule has 2 amide bonds. The molecule has 1 aliphatic heterocycles. The molecule has 1 saturated heterocycles. The van der Waals surface area contributed by atoms with Crippen molar-refractivity contribution in [1.82, 2.24) is 10.6 Å². The zero-order chi connectivity index (χ0) is 13.0. The molecule has 18 heavy (non-hydrogen) atoms. The third-order valence-electron chi connectivity index (χ3n) is 2.79. The molecule has 6 heteroatoms. The van der Waals surface area contributed by atoms with E-state index in [4.69, 9.17) is 23.2 Å². The number of nitrogens with one attached hydrogen (secondary N) is 3. The molecular formula is C12H15Cl2N3O. The lowest BCUT2D eigenvalue weighted by Crippen LogP contribution is -2.44. The summed E-state index contributed by atoms with van der Waals surface area (Å²) in [7, 11) is 0. The van der Waals surface area contributed by atoms with Crippen LogP contribution in [-0.2, 0) is 0 Å². The molecule has 3 N–H and O–H groups in total. The lowest BCUT2D eigenvalue weighted by molar-refractivity contribution is 0.245. The summed E-state index contributed by atoms with van der Waals surface area (Å²) in [6, 6.07) is 4.95. The van der Waals surface area contributed by atoms with Crippen LogP contribution in [0.25, 0.3) is 0 Å². The van der Waals surface area contributed by atoms with Gasteiger partial charge in [0.15, 0.2) is 0 Å². The number of anilines is 1. The van der Waals surface area contributed by atoms with E-state index in [1.54, 1.807) is 18.2 Å². The Morgan fingerprint density at radius 1 is 1.17 bits per heavy atom. The van der Waals surface area contributed by atoms with Crippen LogP contribution in [0, 0.1) is 0 Å². The minimum absolute atomic E-state index is 0.222. The maximum absolute atomic E-state index is 11.8. The Hall–Kier alpha value is -0.970. The van der Waals surface area contributed by atoms with E-state index in [1.807, 2.05) is 0 Å². The van der Waals surface area contributed by atoms with Crippen LogP contribution in [0.2, 0.25) is 10.0 Å². The van der Waals surface area contributed by atoms with Gasteiger partial charge in [-0.1, -0.05) is 23.2 Å². The highest BCUT2D eigenvalue weighted by atomic mass is 35.5. The molecule has 0 bridgehead atoms. The van der Waals surface area contributed by atoms with Crippen molar-refractivity contribution < 1.29 is 4.79 Å². The highest BCUT2D eigenvalue weighted by Gasteiger charge is 2.15. The van der Waals surface area contributed by atoms with E-state index in [2.05, 4.69) is 16.0 Å². The summed E-state index contributed by atoms with van der Waals surface area (Å²) in [4.78, 5) is 11.8. The Kier molecular flexibility index (Phi) is 4.69. The van der Waals surface area contributed by atoms with Crippen molar-refractivity contribution >= 4 is 34.9 Å². The van der Waals surface area contributed by atoms with Gasteiger partial charge in [-0.25, -0.2) is 4.79 Å². The van der Waals surface area contributed by atoms with Crippen molar-refractivity contribution in [3.63, 3.8) is 0 Å². The van der Waals surface area contributed by atoms with Gasteiger partial charge in [-0.3, -0.25) is 0 Å². The Bertz CT molecular complexity index is 413. The van der Waals surface area contributed by atoms with E-state index < -0.39 is 0 Å². The van der Waals surface area contributed by atoms with Gasteiger partial charge in [0.2, 0.25) is 0 Å². The van der Waals surface area contributed by atoms with Crippen LogP contribution in [-0.4, -0.2) is 25.2 Å². The smallest absolute Gasteiger partial charge is 0.319 e. The van der Waals surface area contributed by atoms with Crippen molar-refractivity contribution in [3.05, 3.63) is 28.2 Å². The van der Waals surface area contributed by atoms with Crippen LogP contribution in [0.3, 0.4) is 0 Å². The van der Waals surface area contributed by atoms with Crippen LogP contribution in [0.1, 0.15) is 12.8 Å².